The second kappa shape index (κ2) is 8.07. The molecule has 33 heavy (non-hydrogen) atoms. The third-order valence-corrected chi connectivity index (χ3v) is 6.66. The molecule has 2 aliphatic rings. The van der Waals surface area contributed by atoms with Crippen molar-refractivity contribution in [3.8, 4) is 34.0 Å². The Morgan fingerprint density at radius 3 is 2.15 bits per heavy atom. The van der Waals surface area contributed by atoms with E-state index in [9.17, 15) is 5.26 Å². The van der Waals surface area contributed by atoms with Crippen LogP contribution in [0.2, 0.25) is 0 Å². The molecule has 3 nitrogen and oxygen atoms in total. The molecule has 0 N–H and O–H groups in total. The summed E-state index contributed by atoms with van der Waals surface area (Å²) in [5.41, 5.74) is 11.6. The molecule has 0 bridgehead atoms. The van der Waals surface area contributed by atoms with Gasteiger partial charge in [0, 0.05) is 40.0 Å². The summed E-state index contributed by atoms with van der Waals surface area (Å²) in [7, 11) is 0. The first-order chi connectivity index (χ1) is 16.3. The van der Waals surface area contributed by atoms with Crippen LogP contribution < -0.4 is 0 Å². The molecular weight excluding hydrogens is 402 g/mol. The van der Waals surface area contributed by atoms with Crippen LogP contribution in [0.5, 0.6) is 0 Å². The number of hydrogen-bond acceptors (Lipinski definition) is 2. The maximum absolute atomic E-state index is 9.38. The molecule has 3 heteroatoms. The fourth-order valence-corrected chi connectivity index (χ4v) is 5.13. The van der Waals surface area contributed by atoms with Gasteiger partial charge in [-0.15, -0.1) is 0 Å². The Hall–Kier alpha value is -4.16. The molecule has 0 fully saturated rings. The Balaban J connectivity index is 1.41. The summed E-state index contributed by atoms with van der Waals surface area (Å²) in [5, 5.41) is 9.38. The minimum Gasteiger partial charge on any atom is -0.317 e. The largest absolute Gasteiger partial charge is 0.317 e. The molecule has 2 aliphatic carbocycles. The molecule has 4 aromatic rings. The average Bonchev–Trinajstić information content (AvgIpc) is 3.23. The van der Waals surface area contributed by atoms with E-state index in [1.165, 1.54) is 33.8 Å². The molecule has 0 aliphatic heterocycles. The van der Waals surface area contributed by atoms with E-state index in [0.29, 0.717) is 5.69 Å². The van der Waals surface area contributed by atoms with Gasteiger partial charge in [0.05, 0.1) is 0 Å². The predicted molar refractivity (Wildman–Crippen MR) is 134 cm³/mol. The number of aromatic nitrogens is 2. The van der Waals surface area contributed by atoms with Crippen molar-refractivity contribution in [1.29, 1.82) is 5.26 Å². The van der Waals surface area contributed by atoms with Crippen molar-refractivity contribution in [1.82, 2.24) is 9.55 Å². The van der Waals surface area contributed by atoms with Crippen molar-refractivity contribution in [2.45, 2.75) is 25.7 Å². The van der Waals surface area contributed by atoms with Crippen molar-refractivity contribution in [2.75, 3.05) is 0 Å². The quantitative estimate of drug-likeness (QED) is 0.355. The summed E-state index contributed by atoms with van der Waals surface area (Å²) in [5.74, 6) is 0. The Morgan fingerprint density at radius 2 is 1.45 bits per heavy atom. The van der Waals surface area contributed by atoms with Gasteiger partial charge in [0.2, 0.25) is 0 Å². The normalized spacial score (nSPS) is 13.9. The highest BCUT2D eigenvalue weighted by Gasteiger charge is 2.23. The van der Waals surface area contributed by atoms with Crippen LogP contribution in [0.25, 0.3) is 40.1 Å². The Kier molecular flexibility index (Phi) is 4.78. The molecule has 2 heterocycles. The van der Waals surface area contributed by atoms with Crippen LogP contribution in [-0.2, 0) is 12.8 Å². The van der Waals surface area contributed by atoms with E-state index >= 15 is 0 Å². The van der Waals surface area contributed by atoms with Crippen molar-refractivity contribution in [3.63, 3.8) is 0 Å². The van der Waals surface area contributed by atoms with Gasteiger partial charge in [-0.05, 0) is 66.6 Å². The molecule has 0 atom stereocenters. The highest BCUT2D eigenvalue weighted by atomic mass is 15.0. The van der Waals surface area contributed by atoms with E-state index in [1.807, 2.05) is 12.1 Å². The zero-order valence-electron chi connectivity index (χ0n) is 18.3. The Labute approximate surface area is 194 Å². The van der Waals surface area contributed by atoms with Crippen LogP contribution in [0.15, 0.2) is 79.0 Å². The molecule has 2 aromatic carbocycles. The first-order valence-corrected chi connectivity index (χ1v) is 11.5. The summed E-state index contributed by atoms with van der Waals surface area (Å²) < 4.78 is 2.50. The maximum Gasteiger partial charge on any atom is 0.148 e. The molecule has 158 valence electrons. The Morgan fingerprint density at radius 1 is 0.758 bits per heavy atom. The molecule has 0 saturated heterocycles. The standard InChI is InChI=1S/C30H23N3/c31-20-28-25(11-6-18-32-28)22-16-14-21(15-17-22)23-7-5-8-24(19-23)33-29-12-3-1-9-26(29)27-10-2-4-13-30(27)33/h1-2,5-11,14-19H,3-4,12-13H2. The first kappa shape index (κ1) is 19.5. The highest BCUT2D eigenvalue weighted by Crippen LogP contribution is 2.36. The summed E-state index contributed by atoms with van der Waals surface area (Å²) >= 11 is 0. The van der Waals surface area contributed by atoms with E-state index in [2.05, 4.69) is 88.5 Å². The van der Waals surface area contributed by atoms with Crippen LogP contribution >= 0.6 is 0 Å². The number of pyridine rings is 1. The van der Waals surface area contributed by atoms with Gasteiger partial charge in [-0.2, -0.15) is 5.26 Å². The highest BCUT2D eigenvalue weighted by molar-refractivity contribution is 5.76. The molecular formula is C30H23N3. The fraction of sp³-hybridized carbons (Fsp3) is 0.133. The zero-order chi connectivity index (χ0) is 22.2. The number of allylic oxidation sites excluding steroid dienone is 2. The number of nitrogens with zero attached hydrogens (tertiary/aromatic N) is 3. The smallest absolute Gasteiger partial charge is 0.148 e. The molecule has 0 spiro atoms. The number of rotatable bonds is 3. The minimum absolute atomic E-state index is 0.456. The van der Waals surface area contributed by atoms with Crippen molar-refractivity contribution < 1.29 is 0 Å². The summed E-state index contributed by atoms with van der Waals surface area (Å²) in [6.45, 7) is 0. The summed E-state index contributed by atoms with van der Waals surface area (Å²) in [6, 6.07) is 23.3. The second-order valence-electron chi connectivity index (χ2n) is 8.58. The molecule has 0 radical (unpaired) electrons. The number of hydrogen-bond donors (Lipinski definition) is 0. The second-order valence-corrected chi connectivity index (χ2v) is 8.58. The molecule has 6 rings (SSSR count). The van der Waals surface area contributed by atoms with Gasteiger partial charge in [0.1, 0.15) is 11.8 Å². The van der Waals surface area contributed by atoms with Gasteiger partial charge in [0.15, 0.2) is 0 Å². The van der Waals surface area contributed by atoms with Gasteiger partial charge in [-0.25, -0.2) is 4.98 Å². The van der Waals surface area contributed by atoms with Crippen LogP contribution in [0.4, 0.5) is 0 Å². The van der Waals surface area contributed by atoms with Gasteiger partial charge < -0.3 is 4.57 Å². The van der Waals surface area contributed by atoms with E-state index in [-0.39, 0.29) is 0 Å². The maximum atomic E-state index is 9.38. The number of benzene rings is 2. The predicted octanol–water partition coefficient (Wildman–Crippen LogP) is 7.00. The van der Waals surface area contributed by atoms with Crippen LogP contribution in [0, 0.1) is 11.3 Å². The topological polar surface area (TPSA) is 41.6 Å². The SMILES string of the molecule is N#Cc1ncccc1-c1ccc(-c2cccc(-n3c4c(c5c3CCC=C5)C=CCC4)c2)cc1. The molecule has 0 unspecified atom stereocenters. The van der Waals surface area contributed by atoms with Gasteiger partial charge in [-0.3, -0.25) is 0 Å². The molecule has 0 amide bonds. The average molecular weight is 426 g/mol. The third kappa shape index (κ3) is 3.32. The van der Waals surface area contributed by atoms with E-state index in [4.69, 9.17) is 0 Å². The first-order valence-electron chi connectivity index (χ1n) is 11.5. The molecule has 0 saturated carbocycles. The van der Waals surface area contributed by atoms with Crippen LogP contribution in [-0.4, -0.2) is 9.55 Å². The van der Waals surface area contributed by atoms with Crippen LogP contribution in [0.3, 0.4) is 0 Å². The zero-order valence-corrected chi connectivity index (χ0v) is 18.3. The van der Waals surface area contributed by atoms with Crippen molar-refractivity contribution in [2.24, 2.45) is 0 Å². The van der Waals surface area contributed by atoms with Crippen molar-refractivity contribution >= 4 is 12.2 Å². The minimum atomic E-state index is 0.456. The number of fused-ring (bicyclic) bond motifs is 3. The van der Waals surface area contributed by atoms with E-state index in [0.717, 1.165) is 42.4 Å². The fourth-order valence-electron chi connectivity index (χ4n) is 5.13. The van der Waals surface area contributed by atoms with Gasteiger partial charge in [0.25, 0.3) is 0 Å². The third-order valence-electron chi connectivity index (χ3n) is 6.66. The van der Waals surface area contributed by atoms with Gasteiger partial charge >= 0.3 is 0 Å². The number of nitriles is 1. The summed E-state index contributed by atoms with van der Waals surface area (Å²) in [6.07, 6.45) is 15.2. The Bertz CT molecular complexity index is 1420. The van der Waals surface area contributed by atoms with E-state index < -0.39 is 0 Å². The lowest BCUT2D eigenvalue weighted by molar-refractivity contribution is 0.813. The lowest BCUT2D eigenvalue weighted by Gasteiger charge is -2.17. The van der Waals surface area contributed by atoms with Crippen molar-refractivity contribution in [3.05, 3.63) is 107 Å². The van der Waals surface area contributed by atoms with Gasteiger partial charge in [-0.1, -0.05) is 60.7 Å². The van der Waals surface area contributed by atoms with Crippen LogP contribution in [0.1, 0.15) is 41.1 Å². The lowest BCUT2D eigenvalue weighted by Crippen LogP contribution is -2.07. The summed E-state index contributed by atoms with van der Waals surface area (Å²) in [4.78, 5) is 4.19. The van der Waals surface area contributed by atoms with E-state index in [1.54, 1.807) is 6.20 Å². The molecule has 2 aromatic heterocycles. The monoisotopic (exact) mass is 425 g/mol. The lowest BCUT2D eigenvalue weighted by atomic mass is 9.97.